The van der Waals surface area contributed by atoms with E-state index >= 15 is 0 Å². The van der Waals surface area contributed by atoms with Crippen molar-refractivity contribution in [3.05, 3.63) is 63.3 Å². The predicted octanol–water partition coefficient (Wildman–Crippen LogP) is 3.71. The highest BCUT2D eigenvalue weighted by atomic mass is 32.1. The first-order valence-electron chi connectivity index (χ1n) is 9.95. The summed E-state index contributed by atoms with van der Waals surface area (Å²) < 4.78 is 12.6. The highest BCUT2D eigenvalue weighted by Gasteiger charge is 2.36. The van der Waals surface area contributed by atoms with Crippen LogP contribution in [0.2, 0.25) is 0 Å². The van der Waals surface area contributed by atoms with Crippen molar-refractivity contribution in [2.75, 3.05) is 13.1 Å². The van der Waals surface area contributed by atoms with Gasteiger partial charge in [-0.1, -0.05) is 35.6 Å². The molecule has 6 heteroatoms. The van der Waals surface area contributed by atoms with Crippen molar-refractivity contribution in [1.29, 1.82) is 0 Å². The zero-order valence-corrected chi connectivity index (χ0v) is 16.5. The lowest BCUT2D eigenvalue weighted by molar-refractivity contribution is 0.0368. The van der Waals surface area contributed by atoms with Crippen molar-refractivity contribution in [3.63, 3.8) is 0 Å². The van der Waals surface area contributed by atoms with Gasteiger partial charge in [0.1, 0.15) is 17.4 Å². The maximum atomic E-state index is 11.5. The van der Waals surface area contributed by atoms with E-state index < -0.39 is 0 Å². The Labute approximate surface area is 167 Å². The fourth-order valence-corrected chi connectivity index (χ4v) is 5.33. The molecule has 28 heavy (non-hydrogen) atoms. The number of benzene rings is 2. The average molecular weight is 397 g/mol. The van der Waals surface area contributed by atoms with Crippen LogP contribution in [0.3, 0.4) is 0 Å². The van der Waals surface area contributed by atoms with Crippen molar-refractivity contribution >= 4 is 21.6 Å². The molecule has 0 radical (unpaired) electrons. The van der Waals surface area contributed by atoms with Crippen LogP contribution in [0.25, 0.3) is 10.3 Å². The minimum absolute atomic E-state index is 0.0451. The molecule has 2 aromatic carbocycles. The zero-order chi connectivity index (χ0) is 19.1. The van der Waals surface area contributed by atoms with Gasteiger partial charge in [-0.2, -0.15) is 0 Å². The molecule has 0 unspecified atom stereocenters. The molecule has 5 rings (SSSR count). The topological polar surface area (TPSA) is 68.7 Å². The Morgan fingerprint density at radius 2 is 2.07 bits per heavy atom. The fraction of sp³-hybridized carbons (Fsp3) is 0.409. The lowest BCUT2D eigenvalue weighted by Crippen LogP contribution is -2.51. The third kappa shape index (κ3) is 3.36. The highest BCUT2D eigenvalue weighted by molar-refractivity contribution is 7.16. The van der Waals surface area contributed by atoms with Gasteiger partial charge in [0, 0.05) is 18.7 Å². The molecule has 0 amide bonds. The molecule has 3 aromatic rings. The first-order valence-corrected chi connectivity index (χ1v) is 10.8. The van der Waals surface area contributed by atoms with E-state index in [-0.39, 0.29) is 17.1 Å². The van der Waals surface area contributed by atoms with Gasteiger partial charge in [-0.15, -0.1) is 0 Å². The highest BCUT2D eigenvalue weighted by Crippen LogP contribution is 2.38. The van der Waals surface area contributed by atoms with Crippen LogP contribution in [-0.2, 0) is 6.42 Å². The van der Waals surface area contributed by atoms with Gasteiger partial charge < -0.3 is 14.9 Å². The number of aryl methyl sites for hydroxylation is 1. The number of rotatable bonds is 3. The number of fused-ring (bicyclic) bond motifs is 2. The summed E-state index contributed by atoms with van der Waals surface area (Å²) >= 11 is 1.11. The van der Waals surface area contributed by atoms with Crippen LogP contribution < -0.4 is 15.4 Å². The first kappa shape index (κ1) is 17.9. The van der Waals surface area contributed by atoms with Gasteiger partial charge in [0.25, 0.3) is 0 Å². The molecule has 1 aromatic heterocycles. The molecule has 1 aliphatic heterocycles. The molecule has 2 heterocycles. The minimum atomic E-state index is -0.282. The van der Waals surface area contributed by atoms with Crippen LogP contribution in [0.15, 0.2) is 51.7 Å². The Morgan fingerprint density at radius 1 is 1.18 bits per heavy atom. The SMILES string of the molecule is N[C@H]1CCCN([C@H]2CCc3ccccc3[C@@H]2Oc2ccc3oc(=O)sc3c2)C1. The minimum Gasteiger partial charge on any atom is -0.484 e. The summed E-state index contributed by atoms with van der Waals surface area (Å²) in [5, 5.41) is 0. The number of hydrogen-bond donors (Lipinski definition) is 1. The van der Waals surface area contributed by atoms with E-state index in [2.05, 4.69) is 29.2 Å². The Balaban J connectivity index is 1.50. The lowest BCUT2D eigenvalue weighted by Gasteiger charge is -2.43. The van der Waals surface area contributed by atoms with Crippen LogP contribution >= 0.6 is 11.3 Å². The van der Waals surface area contributed by atoms with E-state index in [4.69, 9.17) is 14.9 Å². The van der Waals surface area contributed by atoms with Crippen molar-refractivity contribution in [3.8, 4) is 5.75 Å². The molecule has 3 atom stereocenters. The van der Waals surface area contributed by atoms with Gasteiger partial charge in [-0.05, 0) is 55.5 Å². The molecule has 2 N–H and O–H groups in total. The van der Waals surface area contributed by atoms with Gasteiger partial charge >= 0.3 is 4.94 Å². The standard InChI is InChI=1S/C22H24N2O3S/c23-15-5-3-11-24(13-15)18-9-7-14-4-1-2-6-17(14)21(18)26-16-8-10-19-20(12-16)28-22(25)27-19/h1-2,4,6,8,10,12,15,18,21H,3,5,7,9,11,13,23H2/t15-,18-,21-/m0/s1. The molecular formula is C22H24N2O3S. The molecule has 1 saturated heterocycles. The molecule has 0 bridgehead atoms. The summed E-state index contributed by atoms with van der Waals surface area (Å²) in [5.74, 6) is 0.776. The van der Waals surface area contributed by atoms with Crippen LogP contribution in [0.4, 0.5) is 0 Å². The molecule has 0 saturated carbocycles. The van der Waals surface area contributed by atoms with Crippen molar-refractivity contribution in [2.24, 2.45) is 5.73 Å². The number of hydrogen-bond acceptors (Lipinski definition) is 6. The van der Waals surface area contributed by atoms with Crippen LogP contribution in [0, 0.1) is 0 Å². The summed E-state index contributed by atoms with van der Waals surface area (Å²) in [5.41, 5.74) is 9.51. The molecule has 146 valence electrons. The molecule has 1 fully saturated rings. The predicted molar refractivity (Wildman–Crippen MR) is 111 cm³/mol. The molecule has 0 spiro atoms. The number of ether oxygens (including phenoxy) is 1. The van der Waals surface area contributed by atoms with Gasteiger partial charge in [0.05, 0.1) is 10.7 Å². The first-order chi connectivity index (χ1) is 13.7. The Kier molecular flexibility index (Phi) is 4.70. The van der Waals surface area contributed by atoms with Gasteiger partial charge in [0.15, 0.2) is 0 Å². The third-order valence-corrected chi connectivity index (χ3v) is 6.73. The Bertz CT molecular complexity index is 1040. The monoisotopic (exact) mass is 396 g/mol. The molecule has 5 nitrogen and oxygen atoms in total. The summed E-state index contributed by atoms with van der Waals surface area (Å²) in [7, 11) is 0. The molecule has 1 aliphatic carbocycles. The maximum absolute atomic E-state index is 11.5. The van der Waals surface area contributed by atoms with Crippen LogP contribution in [-0.4, -0.2) is 30.1 Å². The number of piperidine rings is 1. The van der Waals surface area contributed by atoms with Crippen LogP contribution in [0.5, 0.6) is 5.75 Å². The van der Waals surface area contributed by atoms with E-state index in [1.54, 1.807) is 0 Å². The normalized spacial score (nSPS) is 25.5. The van der Waals surface area contributed by atoms with Gasteiger partial charge in [0.2, 0.25) is 0 Å². The number of nitrogens with zero attached hydrogens (tertiary/aromatic N) is 1. The van der Waals surface area contributed by atoms with E-state index in [0.29, 0.717) is 11.6 Å². The summed E-state index contributed by atoms with van der Waals surface area (Å²) in [6.45, 7) is 2.00. The third-order valence-electron chi connectivity index (χ3n) is 5.94. The van der Waals surface area contributed by atoms with E-state index in [9.17, 15) is 4.79 Å². The second-order valence-electron chi connectivity index (χ2n) is 7.80. The average Bonchev–Trinajstić information content (AvgIpc) is 3.07. The smallest absolute Gasteiger partial charge is 0.396 e. The maximum Gasteiger partial charge on any atom is 0.396 e. The quantitative estimate of drug-likeness (QED) is 0.731. The Hall–Kier alpha value is -2.15. The lowest BCUT2D eigenvalue weighted by atomic mass is 9.84. The molecular weight excluding hydrogens is 372 g/mol. The second-order valence-corrected chi connectivity index (χ2v) is 8.78. The van der Waals surface area contributed by atoms with Crippen molar-refractivity contribution < 1.29 is 9.15 Å². The largest absolute Gasteiger partial charge is 0.484 e. The van der Waals surface area contributed by atoms with Crippen molar-refractivity contribution in [2.45, 2.75) is 43.9 Å². The van der Waals surface area contributed by atoms with E-state index in [0.717, 1.165) is 60.6 Å². The zero-order valence-electron chi connectivity index (χ0n) is 15.7. The Morgan fingerprint density at radius 3 is 2.96 bits per heavy atom. The second kappa shape index (κ2) is 7.35. The summed E-state index contributed by atoms with van der Waals surface area (Å²) in [4.78, 5) is 13.8. The molecule has 2 aliphatic rings. The van der Waals surface area contributed by atoms with E-state index in [1.165, 1.54) is 11.1 Å². The number of likely N-dealkylation sites (tertiary alicyclic amines) is 1. The van der Waals surface area contributed by atoms with E-state index in [1.807, 2.05) is 18.2 Å². The fourth-order valence-electron chi connectivity index (χ4n) is 4.63. The van der Waals surface area contributed by atoms with Gasteiger partial charge in [-0.3, -0.25) is 4.90 Å². The van der Waals surface area contributed by atoms with Crippen LogP contribution in [0.1, 0.15) is 36.5 Å². The van der Waals surface area contributed by atoms with Gasteiger partial charge in [-0.25, -0.2) is 4.79 Å². The summed E-state index contributed by atoms with van der Waals surface area (Å²) in [6, 6.07) is 14.8. The van der Waals surface area contributed by atoms with Crippen molar-refractivity contribution in [1.82, 2.24) is 4.90 Å². The summed E-state index contributed by atoms with van der Waals surface area (Å²) in [6.07, 6.45) is 4.32. The number of nitrogens with two attached hydrogens (primary N) is 1.